The molecule has 1 saturated carbocycles. The minimum Gasteiger partial charge on any atom is -0.377 e. The second-order valence-corrected chi connectivity index (χ2v) is 7.75. The van der Waals surface area contributed by atoms with E-state index in [9.17, 15) is 22.8 Å². The number of anilines is 2. The molecule has 0 radical (unpaired) electrons. The highest BCUT2D eigenvalue weighted by Gasteiger charge is 2.46. The number of hydrogen-bond acceptors (Lipinski definition) is 6. The number of Topliss-reactive ketones (excluding diaryl/α,β-unsaturated/α-hetero) is 1. The molecule has 0 bridgehead atoms. The first-order valence-electron chi connectivity index (χ1n) is 9.58. The predicted octanol–water partition coefficient (Wildman–Crippen LogP) is 1.76. The maximum absolute atomic E-state index is 13.5. The molecule has 1 aromatic heterocycles. The zero-order valence-electron chi connectivity index (χ0n) is 15.6. The number of halogens is 3. The number of morpholine rings is 1. The Hall–Kier alpha value is -2.10. The molecule has 2 unspecified atom stereocenters. The lowest BCUT2D eigenvalue weighted by molar-refractivity contribution is -0.170. The van der Waals surface area contributed by atoms with Crippen molar-refractivity contribution in [2.75, 3.05) is 42.6 Å². The molecule has 2 aliphatic heterocycles. The van der Waals surface area contributed by atoms with Gasteiger partial charge in [-0.25, -0.2) is 0 Å². The van der Waals surface area contributed by atoms with E-state index in [2.05, 4.69) is 4.98 Å². The highest BCUT2D eigenvalue weighted by molar-refractivity contribution is 5.87. The SMILES string of the molecule is CC1COCCN1c1cc(=O)n2c(n1)N(CC(=O)C1CC1)CCC2C(F)(F)F. The second-order valence-electron chi connectivity index (χ2n) is 7.75. The molecule has 0 amide bonds. The summed E-state index contributed by atoms with van der Waals surface area (Å²) in [6.45, 7) is 3.35. The topological polar surface area (TPSA) is 67.7 Å². The molecule has 1 saturated heterocycles. The van der Waals surface area contributed by atoms with Crippen LogP contribution in [0.25, 0.3) is 0 Å². The summed E-state index contributed by atoms with van der Waals surface area (Å²) in [5.74, 6) is 0.252. The van der Waals surface area contributed by atoms with Gasteiger partial charge in [0.15, 0.2) is 5.78 Å². The molecule has 0 aromatic carbocycles. The summed E-state index contributed by atoms with van der Waals surface area (Å²) in [5, 5.41) is 0. The Labute approximate surface area is 160 Å². The van der Waals surface area contributed by atoms with Crippen molar-refractivity contribution in [1.82, 2.24) is 9.55 Å². The van der Waals surface area contributed by atoms with Gasteiger partial charge in [0.2, 0.25) is 5.95 Å². The van der Waals surface area contributed by atoms with Crippen molar-refractivity contribution in [2.45, 2.75) is 44.4 Å². The summed E-state index contributed by atoms with van der Waals surface area (Å²) in [6, 6.07) is -0.811. The minimum absolute atomic E-state index is 0.00333. The quantitative estimate of drug-likeness (QED) is 0.767. The van der Waals surface area contributed by atoms with Gasteiger partial charge in [-0.3, -0.25) is 14.2 Å². The predicted molar refractivity (Wildman–Crippen MR) is 95.8 cm³/mol. The molecule has 1 aliphatic carbocycles. The number of hydrogen-bond donors (Lipinski definition) is 0. The Morgan fingerprint density at radius 1 is 1.29 bits per heavy atom. The Morgan fingerprint density at radius 2 is 2.04 bits per heavy atom. The van der Waals surface area contributed by atoms with Crippen LogP contribution < -0.4 is 15.4 Å². The summed E-state index contributed by atoms with van der Waals surface area (Å²) < 4.78 is 46.7. The van der Waals surface area contributed by atoms with Gasteiger partial charge in [0.05, 0.1) is 25.8 Å². The number of carbonyl (C=O) groups excluding carboxylic acids is 1. The Balaban J connectivity index is 1.75. The standard InChI is InChI=1S/C18H23F3N4O3/c1-11-10-28-7-6-24(11)15-8-16(27)25-14(18(19,20)21)4-5-23(17(25)22-15)9-13(26)12-2-3-12/h8,11-12,14H,2-7,9-10H2,1H3. The zero-order chi connectivity index (χ0) is 20.1. The normalized spacial score (nSPS) is 25.6. The van der Waals surface area contributed by atoms with E-state index in [0.717, 1.165) is 18.9 Å². The van der Waals surface area contributed by atoms with E-state index in [4.69, 9.17) is 4.74 Å². The maximum atomic E-state index is 13.5. The van der Waals surface area contributed by atoms with E-state index < -0.39 is 17.8 Å². The van der Waals surface area contributed by atoms with Gasteiger partial charge < -0.3 is 14.5 Å². The lowest BCUT2D eigenvalue weighted by Crippen LogP contribution is -2.49. The van der Waals surface area contributed by atoms with Crippen LogP contribution >= 0.6 is 0 Å². The van der Waals surface area contributed by atoms with Gasteiger partial charge in [-0.15, -0.1) is 0 Å². The number of ether oxygens (including phenoxy) is 1. The summed E-state index contributed by atoms with van der Waals surface area (Å²) in [5.41, 5.74) is -0.746. The second kappa shape index (κ2) is 7.06. The number of rotatable bonds is 4. The lowest BCUT2D eigenvalue weighted by Gasteiger charge is -2.38. The molecule has 28 heavy (non-hydrogen) atoms. The van der Waals surface area contributed by atoms with Crippen molar-refractivity contribution in [2.24, 2.45) is 5.92 Å². The van der Waals surface area contributed by atoms with E-state index in [1.807, 2.05) is 11.8 Å². The fraction of sp³-hybridized carbons (Fsp3) is 0.722. The molecule has 0 spiro atoms. The van der Waals surface area contributed by atoms with Crippen LogP contribution in [0.5, 0.6) is 0 Å². The zero-order valence-corrected chi connectivity index (χ0v) is 15.6. The third-order valence-electron chi connectivity index (χ3n) is 5.61. The van der Waals surface area contributed by atoms with Crippen molar-refractivity contribution in [1.29, 1.82) is 0 Å². The van der Waals surface area contributed by atoms with Crippen LogP contribution in [0.4, 0.5) is 24.9 Å². The largest absolute Gasteiger partial charge is 0.409 e. The summed E-state index contributed by atoms with van der Waals surface area (Å²) in [7, 11) is 0. The van der Waals surface area contributed by atoms with Crippen LogP contribution in [0.1, 0.15) is 32.2 Å². The molecular weight excluding hydrogens is 377 g/mol. The van der Waals surface area contributed by atoms with Gasteiger partial charge in [-0.1, -0.05) is 0 Å². The molecule has 3 heterocycles. The molecule has 10 heteroatoms. The van der Waals surface area contributed by atoms with E-state index in [1.54, 1.807) is 0 Å². The van der Waals surface area contributed by atoms with Crippen molar-refractivity contribution >= 4 is 17.5 Å². The highest BCUT2D eigenvalue weighted by atomic mass is 19.4. The molecule has 154 valence electrons. The van der Waals surface area contributed by atoms with Gasteiger partial charge in [0, 0.05) is 25.1 Å². The number of nitrogens with zero attached hydrogens (tertiary/aromatic N) is 4. The minimum atomic E-state index is -4.55. The van der Waals surface area contributed by atoms with Crippen molar-refractivity contribution < 1.29 is 22.7 Å². The maximum Gasteiger partial charge on any atom is 0.409 e. The van der Waals surface area contributed by atoms with Crippen LogP contribution in [-0.4, -0.2) is 60.4 Å². The number of ketones is 1. The third-order valence-corrected chi connectivity index (χ3v) is 5.61. The Kier molecular flexibility index (Phi) is 4.84. The highest BCUT2D eigenvalue weighted by Crippen LogP contribution is 2.39. The molecule has 2 atom stereocenters. The lowest BCUT2D eigenvalue weighted by atomic mass is 10.1. The Morgan fingerprint density at radius 3 is 2.68 bits per heavy atom. The summed E-state index contributed by atoms with van der Waals surface area (Å²) in [6.07, 6.45) is -3.18. The van der Waals surface area contributed by atoms with E-state index in [0.29, 0.717) is 30.1 Å². The van der Waals surface area contributed by atoms with Crippen molar-refractivity contribution in [3.8, 4) is 0 Å². The first-order chi connectivity index (χ1) is 13.3. The van der Waals surface area contributed by atoms with Crippen molar-refractivity contribution in [3.05, 3.63) is 16.4 Å². The molecule has 7 nitrogen and oxygen atoms in total. The van der Waals surface area contributed by atoms with Crippen LogP contribution in [0.15, 0.2) is 10.9 Å². The number of aromatic nitrogens is 2. The van der Waals surface area contributed by atoms with Gasteiger partial charge in [0.25, 0.3) is 5.56 Å². The van der Waals surface area contributed by atoms with Crippen molar-refractivity contribution in [3.63, 3.8) is 0 Å². The molecule has 3 aliphatic rings. The molecule has 0 N–H and O–H groups in total. The molecular formula is C18H23F3N4O3. The summed E-state index contributed by atoms with van der Waals surface area (Å²) >= 11 is 0. The average Bonchev–Trinajstić information content (AvgIpc) is 3.46. The Bertz CT molecular complexity index is 821. The van der Waals surface area contributed by atoms with Crippen LogP contribution in [0.2, 0.25) is 0 Å². The number of fused-ring (bicyclic) bond motifs is 1. The van der Waals surface area contributed by atoms with E-state index in [1.165, 1.54) is 4.90 Å². The fourth-order valence-corrected chi connectivity index (χ4v) is 3.89. The molecule has 2 fully saturated rings. The van der Waals surface area contributed by atoms with E-state index >= 15 is 0 Å². The first kappa shape index (κ1) is 19.2. The van der Waals surface area contributed by atoms with Gasteiger partial charge in [0.1, 0.15) is 11.9 Å². The third kappa shape index (κ3) is 3.61. The number of alkyl halides is 3. The summed E-state index contributed by atoms with van der Waals surface area (Å²) in [4.78, 5) is 32.8. The monoisotopic (exact) mass is 400 g/mol. The van der Waals surface area contributed by atoms with E-state index in [-0.39, 0.29) is 43.2 Å². The van der Waals surface area contributed by atoms with Gasteiger partial charge in [-0.2, -0.15) is 18.2 Å². The molecule has 1 aromatic rings. The average molecular weight is 400 g/mol. The van der Waals surface area contributed by atoms with Gasteiger partial charge >= 0.3 is 6.18 Å². The number of carbonyl (C=O) groups is 1. The van der Waals surface area contributed by atoms with Crippen LogP contribution in [-0.2, 0) is 9.53 Å². The smallest absolute Gasteiger partial charge is 0.377 e. The van der Waals surface area contributed by atoms with Crippen LogP contribution in [0.3, 0.4) is 0 Å². The molecule has 4 rings (SSSR count). The first-order valence-corrected chi connectivity index (χ1v) is 9.58. The van der Waals surface area contributed by atoms with Gasteiger partial charge in [-0.05, 0) is 26.2 Å². The fourth-order valence-electron chi connectivity index (χ4n) is 3.89. The van der Waals surface area contributed by atoms with Crippen LogP contribution in [0, 0.1) is 5.92 Å².